The van der Waals surface area contributed by atoms with Crippen molar-refractivity contribution in [3.63, 3.8) is 0 Å². The molecule has 0 spiro atoms. The van der Waals surface area contributed by atoms with Gasteiger partial charge in [-0.25, -0.2) is 9.59 Å². The number of anilines is 2. The van der Waals surface area contributed by atoms with Gasteiger partial charge in [0, 0.05) is 50.0 Å². The molecule has 0 bridgehead atoms. The number of carbonyl (C=O) groups is 2. The van der Waals surface area contributed by atoms with Crippen molar-refractivity contribution in [3.05, 3.63) is 293 Å². The molecule has 1 heterocycles. The Labute approximate surface area is 517 Å². The highest BCUT2D eigenvalue weighted by molar-refractivity contribution is 6.18. The molecule has 12 aromatic carbocycles. The van der Waals surface area contributed by atoms with Crippen LogP contribution < -0.4 is 15.4 Å². The zero-order chi connectivity index (χ0) is 61.1. The number of phenolic OH excluding ortho intramolecular Hbond substituents is 1. The Morgan fingerprint density at radius 3 is 1.62 bits per heavy atom. The van der Waals surface area contributed by atoms with Crippen LogP contribution >= 0.6 is 0 Å². The van der Waals surface area contributed by atoms with E-state index in [0.717, 1.165) is 69.7 Å². The van der Waals surface area contributed by atoms with Crippen molar-refractivity contribution >= 4 is 72.7 Å². The van der Waals surface area contributed by atoms with E-state index in [0.29, 0.717) is 41.5 Å². The second-order valence-electron chi connectivity index (χ2n) is 22.4. The smallest absolute Gasteiger partial charge is 0.411 e. The number of aliphatic hydroxyl groups is 1. The van der Waals surface area contributed by atoms with Gasteiger partial charge in [-0.3, -0.25) is 10.6 Å². The molecule has 9 nitrogen and oxygen atoms in total. The zero-order valence-corrected chi connectivity index (χ0v) is 49.4. The number of phenols is 1. The first-order chi connectivity index (χ1) is 43.6. The molecular formula is C80H64N2O7. The summed E-state index contributed by atoms with van der Waals surface area (Å²) < 4.78 is 17.3. The van der Waals surface area contributed by atoms with Crippen molar-refractivity contribution in [1.29, 1.82) is 0 Å². The van der Waals surface area contributed by atoms with Gasteiger partial charge >= 0.3 is 12.2 Å². The average Bonchev–Trinajstić information content (AvgIpc) is 0.758. The number of amides is 2. The summed E-state index contributed by atoms with van der Waals surface area (Å²) in [6, 6.07) is 79.1. The molecule has 0 saturated carbocycles. The number of nitrogens with one attached hydrogen (secondary N) is 2. The molecule has 0 fully saturated rings. The van der Waals surface area contributed by atoms with Gasteiger partial charge in [-0.1, -0.05) is 218 Å². The number of hydrogen-bond donors (Lipinski definition) is 4. The molecule has 2 atom stereocenters. The minimum atomic E-state index is -1.51. The standard InChI is InChI=1S/C40H31NO3.C22H16O.C18H17NO3/c1-2-43-39(42)41-30-20-18-29(19-21-30)40(28-12-4-3-5-13-28)25-24-34-33-22-16-26-10-6-8-14-31(26)36(33)35-23-17-27-11-7-9-15-32(27)37(35)38(34)44-40;23-20-13-16-10-9-14-5-1-3-7-17(14)21(16)19-12-11-15-6-2-4-8-18(15)22(19)20;1-3-18(21,14-8-6-5-7-9-14)15-10-12-16(13-11-15)19-17(20)22-4-2/h3-15,17-21,23-25H,2,16,22H2,1H3,(H,41,42);1-8,11-13,23H,9-10H2;1,5-13,21H,4H2,2H3,(H,19,20). The summed E-state index contributed by atoms with van der Waals surface area (Å²) in [7, 11) is 0. The highest BCUT2D eigenvalue weighted by atomic mass is 16.6. The predicted octanol–water partition coefficient (Wildman–Crippen LogP) is 18.3. The van der Waals surface area contributed by atoms with Gasteiger partial charge in [0.25, 0.3) is 0 Å². The van der Waals surface area contributed by atoms with Crippen LogP contribution in [-0.4, -0.2) is 35.6 Å². The number of rotatable bonds is 8. The number of aromatic hydroxyl groups is 1. The summed E-state index contributed by atoms with van der Waals surface area (Å²) in [6.45, 7) is 4.14. The number of benzene rings is 12. The molecule has 1 aliphatic heterocycles. The van der Waals surface area contributed by atoms with Crippen molar-refractivity contribution in [3.8, 4) is 46.1 Å². The maximum atomic E-state index is 12.1. The Morgan fingerprint density at radius 2 is 1.01 bits per heavy atom. The van der Waals surface area contributed by atoms with Crippen LogP contribution in [0, 0.1) is 12.3 Å². The van der Waals surface area contributed by atoms with E-state index in [9.17, 15) is 19.8 Å². The Balaban J connectivity index is 0.000000136. The molecule has 9 heteroatoms. The van der Waals surface area contributed by atoms with Gasteiger partial charge in [0.1, 0.15) is 11.5 Å². The minimum Gasteiger partial charge on any atom is -0.507 e. The lowest BCUT2D eigenvalue weighted by Gasteiger charge is -2.38. The van der Waals surface area contributed by atoms with Crippen LogP contribution in [-0.2, 0) is 46.4 Å². The normalized spacial score (nSPS) is 14.7. The van der Waals surface area contributed by atoms with E-state index in [1.807, 2.05) is 66.7 Å². The molecule has 4 N–H and O–H groups in total. The lowest BCUT2D eigenvalue weighted by atomic mass is 9.77. The Morgan fingerprint density at radius 1 is 0.528 bits per heavy atom. The summed E-state index contributed by atoms with van der Waals surface area (Å²) in [6.07, 6.45) is 13.0. The molecule has 12 aromatic rings. The van der Waals surface area contributed by atoms with Crippen LogP contribution in [0.2, 0.25) is 0 Å². The van der Waals surface area contributed by atoms with Crippen LogP contribution in [0.15, 0.2) is 243 Å². The molecule has 89 heavy (non-hydrogen) atoms. The van der Waals surface area contributed by atoms with Gasteiger partial charge in [-0.05, 0) is 153 Å². The second-order valence-corrected chi connectivity index (χ2v) is 22.4. The van der Waals surface area contributed by atoms with Gasteiger partial charge in [0.05, 0.1) is 13.2 Å². The van der Waals surface area contributed by atoms with Crippen molar-refractivity contribution in [2.75, 3.05) is 23.8 Å². The Hall–Kier alpha value is -10.9. The first-order valence-electron chi connectivity index (χ1n) is 30.2. The zero-order valence-electron chi connectivity index (χ0n) is 49.4. The molecule has 2 unspecified atom stereocenters. The molecular weight excluding hydrogens is 1100 g/mol. The average molecular weight is 1170 g/mol. The van der Waals surface area contributed by atoms with Crippen molar-refractivity contribution < 1.29 is 34.0 Å². The lowest BCUT2D eigenvalue weighted by molar-refractivity contribution is 0.145. The highest BCUT2D eigenvalue weighted by Crippen LogP contribution is 2.53. The van der Waals surface area contributed by atoms with E-state index < -0.39 is 23.4 Å². The molecule has 3 aliphatic rings. The van der Waals surface area contributed by atoms with E-state index in [2.05, 4.69) is 162 Å². The fraction of sp³-hybridized carbons (Fsp3) is 0.125. The molecule has 15 rings (SSSR count). The number of ether oxygens (including phenoxy) is 3. The quantitative estimate of drug-likeness (QED) is 0.0882. The molecule has 0 aromatic heterocycles. The largest absolute Gasteiger partial charge is 0.507 e. The third-order valence-corrected chi connectivity index (χ3v) is 17.3. The minimum absolute atomic E-state index is 0.300. The second kappa shape index (κ2) is 24.5. The highest BCUT2D eigenvalue weighted by Gasteiger charge is 2.40. The van der Waals surface area contributed by atoms with Crippen molar-refractivity contribution in [1.82, 2.24) is 0 Å². The van der Waals surface area contributed by atoms with Crippen LogP contribution in [0.3, 0.4) is 0 Å². The van der Waals surface area contributed by atoms with Crippen molar-refractivity contribution in [2.45, 2.75) is 50.7 Å². The van der Waals surface area contributed by atoms with E-state index >= 15 is 0 Å². The molecule has 0 radical (unpaired) electrons. The monoisotopic (exact) mass is 1160 g/mol. The summed E-state index contributed by atoms with van der Waals surface area (Å²) >= 11 is 0. The van der Waals surface area contributed by atoms with Crippen LogP contribution in [0.4, 0.5) is 21.0 Å². The van der Waals surface area contributed by atoms with Crippen molar-refractivity contribution in [2.24, 2.45) is 0 Å². The molecule has 2 amide bonds. The van der Waals surface area contributed by atoms with E-state index in [1.165, 1.54) is 66.1 Å². The number of fused-ring (bicyclic) bond motifs is 17. The van der Waals surface area contributed by atoms with Crippen LogP contribution in [0.25, 0.3) is 71.4 Å². The molecule has 436 valence electrons. The molecule has 2 aliphatic carbocycles. The Kier molecular flexibility index (Phi) is 15.7. The number of terminal acetylenes is 1. The van der Waals surface area contributed by atoms with Gasteiger partial charge in [0.15, 0.2) is 11.2 Å². The third kappa shape index (κ3) is 10.7. The molecule has 0 saturated heterocycles. The van der Waals surface area contributed by atoms with E-state index in [1.54, 1.807) is 50.2 Å². The number of aryl methyl sites for hydroxylation is 3. The number of carbonyl (C=O) groups excluding carboxylic acids is 2. The van der Waals surface area contributed by atoms with Gasteiger partial charge in [-0.15, -0.1) is 6.42 Å². The van der Waals surface area contributed by atoms with Gasteiger partial charge in [-0.2, -0.15) is 0 Å². The van der Waals surface area contributed by atoms with E-state index in [-0.39, 0.29) is 0 Å². The maximum absolute atomic E-state index is 12.1. The van der Waals surface area contributed by atoms with Gasteiger partial charge in [0.2, 0.25) is 0 Å². The van der Waals surface area contributed by atoms with E-state index in [4.69, 9.17) is 20.6 Å². The third-order valence-electron chi connectivity index (χ3n) is 17.3. The summed E-state index contributed by atoms with van der Waals surface area (Å²) in [5, 5.41) is 36.0. The fourth-order valence-corrected chi connectivity index (χ4v) is 13.1. The fourth-order valence-electron chi connectivity index (χ4n) is 13.1. The summed E-state index contributed by atoms with van der Waals surface area (Å²) in [5.41, 5.74) is 13.8. The number of hydrogen-bond acceptors (Lipinski definition) is 7. The topological polar surface area (TPSA) is 126 Å². The summed E-state index contributed by atoms with van der Waals surface area (Å²) in [5.74, 6) is 3.75. The summed E-state index contributed by atoms with van der Waals surface area (Å²) in [4.78, 5) is 23.4. The SMILES string of the molecule is C#CC(O)(c1ccccc1)c1ccc(NC(=O)OCC)cc1.CCOC(=O)Nc1ccc(C2(c3ccccc3)C=Cc3c4c(c5ccc6ccccc6c5c3O2)-c2ccccc2CC4)cc1.Oc1cc2c(c3ccc4ccccc4c13)-c1ccccc1CC2. The predicted molar refractivity (Wildman–Crippen MR) is 360 cm³/mol. The first-order valence-corrected chi connectivity index (χ1v) is 30.2. The Bertz CT molecular complexity index is 4750. The van der Waals surface area contributed by atoms with Crippen LogP contribution in [0.5, 0.6) is 11.5 Å². The van der Waals surface area contributed by atoms with Gasteiger partial charge < -0.3 is 24.4 Å². The first kappa shape index (κ1) is 57.2. The van der Waals surface area contributed by atoms with Crippen LogP contribution in [0.1, 0.15) is 63.9 Å². The lowest BCUT2D eigenvalue weighted by Crippen LogP contribution is -2.34. The maximum Gasteiger partial charge on any atom is 0.411 e.